The van der Waals surface area contributed by atoms with Gasteiger partial charge in [0, 0.05) is 43.7 Å². The molecule has 134 valence electrons. The van der Waals surface area contributed by atoms with E-state index >= 15 is 0 Å². The maximum atomic E-state index is 3.86. The number of nitrogens with one attached hydrogen (secondary N) is 1. The Morgan fingerprint density at radius 3 is 1.54 bits per heavy atom. The van der Waals surface area contributed by atoms with Gasteiger partial charge in [0.15, 0.2) is 0 Å². The number of aryl methyl sites for hydroxylation is 1. The predicted molar refractivity (Wildman–Crippen MR) is 103 cm³/mol. The van der Waals surface area contributed by atoms with Gasteiger partial charge in [-0.15, -0.1) is 0 Å². The highest BCUT2D eigenvalue weighted by Gasteiger charge is 1.77. The van der Waals surface area contributed by atoms with Crippen LogP contribution in [0.15, 0.2) is 68.0 Å². The predicted octanol–water partition coefficient (Wildman–Crippen LogP) is 5.23. The van der Waals surface area contributed by atoms with Gasteiger partial charge < -0.3 is 9.55 Å². The molecule has 1 N–H and O–H groups in total. The Hall–Kier alpha value is -2.43. The number of hydrogen-bond acceptors (Lipinski definition) is 3. The van der Waals surface area contributed by atoms with Crippen LogP contribution in [0.3, 0.4) is 0 Å². The number of aromatic nitrogens is 5. The molecule has 0 spiro atoms. The lowest BCUT2D eigenvalue weighted by Gasteiger charge is -1.87. The van der Waals surface area contributed by atoms with Gasteiger partial charge in [0.1, 0.15) is 0 Å². The average molecular weight is 332 g/mol. The molecule has 3 rings (SSSR count). The van der Waals surface area contributed by atoms with Crippen LogP contribution in [0, 0.1) is 0 Å². The van der Waals surface area contributed by atoms with Crippen LogP contribution >= 0.6 is 0 Å². The molecule has 0 aliphatic rings. The first-order valence-electron chi connectivity index (χ1n) is 8.49. The summed E-state index contributed by atoms with van der Waals surface area (Å²) in [6.45, 7) is 11.6. The summed E-state index contributed by atoms with van der Waals surface area (Å²) < 4.78 is 2.01. The molecule has 0 fully saturated rings. The molecule has 3 heterocycles. The van der Waals surface area contributed by atoms with Crippen molar-refractivity contribution in [1.82, 2.24) is 24.5 Å². The van der Waals surface area contributed by atoms with Gasteiger partial charge in [0.2, 0.25) is 0 Å². The lowest BCUT2D eigenvalue weighted by Crippen LogP contribution is -1.85. The molecule has 0 aliphatic carbocycles. The topological polar surface area (TPSA) is 59.4 Å². The normalized spacial score (nSPS) is 7.88. The standard InChI is InChI=1S/C5H8N2.C5H5N.C3H4N2.2C3H8/c1-2-7-4-3-6-5-7;1-2-4-6-5-3-1;1-2-5-3-4-1;2*1-3-2/h3-5H,2H2,1H3;1-5H;1-3H,(H,4,5);2*3H2,1-2H3. The van der Waals surface area contributed by atoms with E-state index in [0.29, 0.717) is 0 Å². The maximum Gasteiger partial charge on any atom is 0.0945 e. The molecule has 3 aromatic rings. The summed E-state index contributed by atoms with van der Waals surface area (Å²) >= 11 is 0. The molecular formula is C19H33N5. The van der Waals surface area contributed by atoms with Gasteiger partial charge in [0.25, 0.3) is 0 Å². The van der Waals surface area contributed by atoms with E-state index in [9.17, 15) is 0 Å². The van der Waals surface area contributed by atoms with Crippen molar-refractivity contribution in [1.29, 1.82) is 0 Å². The Balaban J connectivity index is 0. The summed E-state index contributed by atoms with van der Waals surface area (Å²) in [5, 5.41) is 0. The summed E-state index contributed by atoms with van der Waals surface area (Å²) in [6.07, 6.45) is 16.6. The van der Waals surface area contributed by atoms with E-state index in [0.717, 1.165) is 6.54 Å². The summed E-state index contributed by atoms with van der Waals surface area (Å²) in [5.74, 6) is 0. The minimum atomic E-state index is 1.01. The molecule has 0 aromatic carbocycles. The van der Waals surface area contributed by atoms with Crippen LogP contribution in [0.1, 0.15) is 47.5 Å². The molecule has 0 unspecified atom stereocenters. The van der Waals surface area contributed by atoms with Crippen LogP contribution in [0.4, 0.5) is 0 Å². The number of aromatic amines is 1. The van der Waals surface area contributed by atoms with Crippen LogP contribution < -0.4 is 0 Å². The van der Waals surface area contributed by atoms with Crippen LogP contribution in [-0.2, 0) is 6.54 Å². The number of nitrogens with zero attached hydrogens (tertiary/aromatic N) is 4. The Labute approximate surface area is 147 Å². The number of hydrogen-bond donors (Lipinski definition) is 1. The van der Waals surface area contributed by atoms with E-state index in [-0.39, 0.29) is 0 Å². The zero-order chi connectivity index (χ0) is 18.3. The first-order chi connectivity index (χ1) is 11.8. The van der Waals surface area contributed by atoms with Crippen molar-refractivity contribution in [2.75, 3.05) is 0 Å². The molecule has 5 heteroatoms. The summed E-state index contributed by atoms with van der Waals surface area (Å²) in [5.41, 5.74) is 0. The van der Waals surface area contributed by atoms with Gasteiger partial charge in [0.05, 0.1) is 12.7 Å². The number of pyridine rings is 1. The molecule has 0 radical (unpaired) electrons. The molecule has 3 aromatic heterocycles. The summed E-state index contributed by atoms with van der Waals surface area (Å²) in [7, 11) is 0. The Morgan fingerprint density at radius 2 is 1.38 bits per heavy atom. The van der Waals surface area contributed by atoms with Gasteiger partial charge in [-0.3, -0.25) is 4.98 Å². The highest BCUT2D eigenvalue weighted by Crippen LogP contribution is 1.81. The van der Waals surface area contributed by atoms with E-state index < -0.39 is 0 Å². The zero-order valence-electron chi connectivity index (χ0n) is 15.8. The molecule has 24 heavy (non-hydrogen) atoms. The Morgan fingerprint density at radius 1 is 0.750 bits per heavy atom. The fourth-order valence-corrected chi connectivity index (χ4v) is 1.00. The van der Waals surface area contributed by atoms with E-state index in [2.05, 4.69) is 54.6 Å². The molecule has 0 bridgehead atoms. The zero-order valence-corrected chi connectivity index (χ0v) is 15.8. The average Bonchev–Trinajstić information content (AvgIpc) is 3.35. The number of H-pyrrole nitrogens is 1. The second-order valence-electron chi connectivity index (χ2n) is 4.59. The largest absolute Gasteiger partial charge is 0.351 e. The van der Waals surface area contributed by atoms with Gasteiger partial charge in [-0.05, 0) is 19.1 Å². The van der Waals surface area contributed by atoms with Crippen molar-refractivity contribution in [2.24, 2.45) is 0 Å². The van der Waals surface area contributed by atoms with Crippen molar-refractivity contribution in [3.8, 4) is 0 Å². The number of rotatable bonds is 1. The molecule has 0 atom stereocenters. The van der Waals surface area contributed by atoms with Gasteiger partial charge in [-0.1, -0.05) is 46.6 Å². The van der Waals surface area contributed by atoms with E-state index in [4.69, 9.17) is 0 Å². The molecule has 5 nitrogen and oxygen atoms in total. The number of imidazole rings is 2. The fraction of sp³-hybridized carbons (Fsp3) is 0.421. The third kappa shape index (κ3) is 21.9. The van der Waals surface area contributed by atoms with Crippen molar-refractivity contribution < 1.29 is 0 Å². The van der Waals surface area contributed by atoms with Gasteiger partial charge in [-0.2, -0.15) is 0 Å². The third-order valence-electron chi connectivity index (χ3n) is 1.90. The summed E-state index contributed by atoms with van der Waals surface area (Å²) in [4.78, 5) is 14.1. The molecule has 0 aliphatic heterocycles. The smallest absolute Gasteiger partial charge is 0.0945 e. The second-order valence-corrected chi connectivity index (χ2v) is 4.59. The highest BCUT2D eigenvalue weighted by atomic mass is 15.0. The molecule has 0 saturated heterocycles. The molecule has 0 amide bonds. The summed E-state index contributed by atoms with van der Waals surface area (Å²) in [6, 6.07) is 5.72. The van der Waals surface area contributed by atoms with Crippen LogP contribution in [0.2, 0.25) is 0 Å². The second kappa shape index (κ2) is 22.8. The quantitative estimate of drug-likeness (QED) is 0.664. The van der Waals surface area contributed by atoms with E-state index in [1.54, 1.807) is 43.6 Å². The highest BCUT2D eigenvalue weighted by molar-refractivity contribution is 4.88. The minimum Gasteiger partial charge on any atom is -0.351 e. The first kappa shape index (κ1) is 23.8. The SMILES string of the molecule is CCC.CCC.CCn1ccnc1.c1c[nH]cn1.c1ccncc1. The van der Waals surface area contributed by atoms with Gasteiger partial charge in [-0.25, -0.2) is 9.97 Å². The van der Waals surface area contributed by atoms with Crippen molar-refractivity contribution in [2.45, 2.75) is 54.0 Å². The van der Waals surface area contributed by atoms with E-state index in [1.165, 1.54) is 12.8 Å². The fourth-order valence-electron chi connectivity index (χ4n) is 1.00. The van der Waals surface area contributed by atoms with Gasteiger partial charge >= 0.3 is 0 Å². The van der Waals surface area contributed by atoms with Crippen LogP contribution in [0.25, 0.3) is 0 Å². The van der Waals surface area contributed by atoms with Crippen LogP contribution in [0.5, 0.6) is 0 Å². The third-order valence-corrected chi connectivity index (χ3v) is 1.90. The lowest BCUT2D eigenvalue weighted by atomic mass is 10.5. The Kier molecular flexibility index (Phi) is 22.7. The monoisotopic (exact) mass is 331 g/mol. The van der Waals surface area contributed by atoms with Crippen LogP contribution in [-0.4, -0.2) is 24.5 Å². The molecule has 0 saturated carbocycles. The van der Waals surface area contributed by atoms with Crippen molar-refractivity contribution in [3.63, 3.8) is 0 Å². The van der Waals surface area contributed by atoms with Crippen molar-refractivity contribution in [3.05, 3.63) is 68.0 Å². The first-order valence-corrected chi connectivity index (χ1v) is 8.49. The van der Waals surface area contributed by atoms with Crippen molar-refractivity contribution >= 4 is 0 Å². The molecular weight excluding hydrogens is 298 g/mol. The van der Waals surface area contributed by atoms with E-state index in [1.807, 2.05) is 29.0 Å². The minimum absolute atomic E-state index is 1.01. The Bertz CT molecular complexity index is 432. The maximum absolute atomic E-state index is 3.86. The lowest BCUT2D eigenvalue weighted by molar-refractivity contribution is 0.761.